The van der Waals surface area contributed by atoms with Crippen molar-refractivity contribution in [1.82, 2.24) is 9.78 Å². The van der Waals surface area contributed by atoms with Crippen molar-refractivity contribution in [1.29, 1.82) is 0 Å². The maximum atomic E-state index is 11.5. The minimum Gasteiger partial charge on any atom is -0.380 e. The highest BCUT2D eigenvalue weighted by Gasteiger charge is 2.12. The van der Waals surface area contributed by atoms with E-state index in [1.807, 2.05) is 0 Å². The molecule has 0 aliphatic rings. The van der Waals surface area contributed by atoms with Gasteiger partial charge in [0.05, 0.1) is 18.7 Å². The second-order valence-electron chi connectivity index (χ2n) is 3.19. The van der Waals surface area contributed by atoms with Crippen LogP contribution in [0, 0.1) is 0 Å². The molecule has 3 N–H and O–H groups in total. The number of methoxy groups -OCH3 is 1. The fourth-order valence-electron chi connectivity index (χ4n) is 1.16. The molecule has 0 aliphatic carbocycles. The average molecular weight is 212 g/mol. The number of amides is 1. The molecule has 0 fully saturated rings. The summed E-state index contributed by atoms with van der Waals surface area (Å²) in [6.45, 7) is 0.329. The van der Waals surface area contributed by atoms with E-state index in [4.69, 9.17) is 10.5 Å². The highest BCUT2D eigenvalue weighted by Crippen LogP contribution is 2.05. The molecule has 0 aromatic carbocycles. The van der Waals surface area contributed by atoms with E-state index >= 15 is 0 Å². The predicted molar refractivity (Wildman–Crippen MR) is 56.3 cm³/mol. The van der Waals surface area contributed by atoms with Crippen molar-refractivity contribution < 1.29 is 9.53 Å². The smallest absolute Gasteiger partial charge is 0.228 e. The molecular formula is C9H16N4O2. The lowest BCUT2D eigenvalue weighted by Gasteiger charge is -2.12. The molecule has 0 saturated heterocycles. The molecule has 1 unspecified atom stereocenters. The molecule has 0 bridgehead atoms. The Balaban J connectivity index is 2.46. The lowest BCUT2D eigenvalue weighted by atomic mass is 10.2. The Hall–Kier alpha value is -1.40. The number of carbonyl (C=O) groups excluding carboxylic acids is 1. The minimum atomic E-state index is -0.238. The Labute approximate surface area is 88.4 Å². The monoisotopic (exact) mass is 212 g/mol. The maximum Gasteiger partial charge on any atom is 0.228 e. The fourth-order valence-corrected chi connectivity index (χ4v) is 1.16. The van der Waals surface area contributed by atoms with Gasteiger partial charge in [0.2, 0.25) is 5.91 Å². The van der Waals surface area contributed by atoms with Crippen LogP contribution in [0.3, 0.4) is 0 Å². The molecule has 1 aromatic rings. The number of anilines is 1. The van der Waals surface area contributed by atoms with E-state index in [2.05, 4.69) is 10.4 Å². The van der Waals surface area contributed by atoms with Crippen LogP contribution in [0.15, 0.2) is 12.3 Å². The second kappa shape index (κ2) is 5.47. The fraction of sp³-hybridized carbons (Fsp3) is 0.556. The van der Waals surface area contributed by atoms with Gasteiger partial charge in [-0.25, -0.2) is 0 Å². The summed E-state index contributed by atoms with van der Waals surface area (Å²) in [6, 6.07) is 1.72. The van der Waals surface area contributed by atoms with Gasteiger partial charge < -0.3 is 15.8 Å². The third-order valence-corrected chi connectivity index (χ3v) is 2.10. The van der Waals surface area contributed by atoms with Crippen LogP contribution in [-0.4, -0.2) is 35.4 Å². The van der Waals surface area contributed by atoms with E-state index in [1.165, 1.54) is 7.11 Å². The molecule has 0 aliphatic heterocycles. The summed E-state index contributed by atoms with van der Waals surface area (Å²) in [4.78, 5) is 11.5. The van der Waals surface area contributed by atoms with Crippen molar-refractivity contribution in [3.05, 3.63) is 12.3 Å². The summed E-state index contributed by atoms with van der Waals surface area (Å²) in [6.07, 6.45) is 1.63. The van der Waals surface area contributed by atoms with E-state index < -0.39 is 0 Å². The van der Waals surface area contributed by atoms with Gasteiger partial charge in [-0.3, -0.25) is 9.48 Å². The molecule has 6 nitrogen and oxygen atoms in total. The highest BCUT2D eigenvalue weighted by atomic mass is 16.5. The van der Waals surface area contributed by atoms with E-state index in [0.29, 0.717) is 12.4 Å². The van der Waals surface area contributed by atoms with Crippen LogP contribution in [0.1, 0.15) is 6.42 Å². The van der Waals surface area contributed by atoms with Gasteiger partial charge in [0.1, 0.15) is 5.82 Å². The average Bonchev–Trinajstić information content (AvgIpc) is 2.61. The molecule has 1 aromatic heterocycles. The largest absolute Gasteiger partial charge is 0.380 e. The summed E-state index contributed by atoms with van der Waals surface area (Å²) in [5.74, 6) is 0.530. The topological polar surface area (TPSA) is 82.2 Å². The second-order valence-corrected chi connectivity index (χ2v) is 3.19. The zero-order chi connectivity index (χ0) is 11.3. The molecule has 1 amide bonds. The van der Waals surface area contributed by atoms with Crippen molar-refractivity contribution in [3.8, 4) is 0 Å². The van der Waals surface area contributed by atoms with Gasteiger partial charge in [-0.15, -0.1) is 0 Å². The van der Waals surface area contributed by atoms with Gasteiger partial charge >= 0.3 is 0 Å². The summed E-state index contributed by atoms with van der Waals surface area (Å²) in [7, 11) is 3.29. The maximum absolute atomic E-state index is 11.5. The predicted octanol–water partition coefficient (Wildman–Crippen LogP) is -0.278. The molecule has 84 valence electrons. The normalized spacial score (nSPS) is 12.5. The van der Waals surface area contributed by atoms with Crippen LogP contribution in [0.2, 0.25) is 0 Å². The van der Waals surface area contributed by atoms with E-state index in [9.17, 15) is 4.79 Å². The van der Waals surface area contributed by atoms with Crippen LogP contribution in [0.5, 0.6) is 0 Å². The minimum absolute atomic E-state index is 0.129. The molecule has 0 radical (unpaired) electrons. The van der Waals surface area contributed by atoms with Gasteiger partial charge in [0, 0.05) is 26.8 Å². The quantitative estimate of drug-likeness (QED) is 0.703. The van der Waals surface area contributed by atoms with Gasteiger partial charge in [-0.1, -0.05) is 0 Å². The molecule has 0 spiro atoms. The molecule has 6 heteroatoms. The van der Waals surface area contributed by atoms with Crippen LogP contribution in [0.25, 0.3) is 0 Å². The molecule has 1 rings (SSSR count). The van der Waals surface area contributed by atoms with Gasteiger partial charge in [-0.05, 0) is 0 Å². The highest BCUT2D eigenvalue weighted by molar-refractivity contribution is 5.90. The number of nitrogens with zero attached hydrogens (tertiary/aromatic N) is 2. The lowest BCUT2D eigenvalue weighted by molar-refractivity contribution is -0.118. The zero-order valence-electron chi connectivity index (χ0n) is 8.93. The van der Waals surface area contributed by atoms with Crippen LogP contribution < -0.4 is 11.1 Å². The van der Waals surface area contributed by atoms with Gasteiger partial charge in [0.15, 0.2) is 0 Å². The Bertz CT molecular complexity index is 320. The van der Waals surface area contributed by atoms with Crippen molar-refractivity contribution in [2.24, 2.45) is 12.8 Å². The van der Waals surface area contributed by atoms with E-state index in [1.54, 1.807) is 24.0 Å². The summed E-state index contributed by atoms with van der Waals surface area (Å²) >= 11 is 0. The number of nitrogens with two attached hydrogens (primary N) is 1. The van der Waals surface area contributed by atoms with Crippen molar-refractivity contribution >= 4 is 11.7 Å². The first-order chi connectivity index (χ1) is 7.17. The molecule has 0 saturated carbocycles. The number of rotatable bonds is 5. The van der Waals surface area contributed by atoms with Crippen molar-refractivity contribution in [2.75, 3.05) is 19.0 Å². The summed E-state index contributed by atoms with van der Waals surface area (Å²) in [5.41, 5.74) is 5.41. The third kappa shape index (κ3) is 3.34. The number of aromatic nitrogens is 2. The Morgan fingerprint density at radius 2 is 2.53 bits per heavy atom. The Kier molecular flexibility index (Phi) is 4.26. The Morgan fingerprint density at radius 3 is 3.00 bits per heavy atom. The van der Waals surface area contributed by atoms with Crippen molar-refractivity contribution in [2.45, 2.75) is 12.5 Å². The summed E-state index contributed by atoms with van der Waals surface area (Å²) < 4.78 is 6.60. The number of hydrogen-bond acceptors (Lipinski definition) is 4. The van der Waals surface area contributed by atoms with Crippen LogP contribution in [0.4, 0.5) is 5.82 Å². The molecule has 1 heterocycles. The third-order valence-electron chi connectivity index (χ3n) is 2.10. The zero-order valence-corrected chi connectivity index (χ0v) is 8.93. The number of hydrogen-bond donors (Lipinski definition) is 2. The van der Waals surface area contributed by atoms with E-state index in [-0.39, 0.29) is 18.4 Å². The first-order valence-electron chi connectivity index (χ1n) is 4.68. The van der Waals surface area contributed by atoms with Gasteiger partial charge in [-0.2, -0.15) is 5.10 Å². The summed E-state index contributed by atoms with van der Waals surface area (Å²) in [5, 5.41) is 6.65. The van der Waals surface area contributed by atoms with Crippen LogP contribution in [-0.2, 0) is 16.6 Å². The lowest BCUT2D eigenvalue weighted by Crippen LogP contribution is -2.28. The SMILES string of the molecule is COC(CN)CC(=O)Nc1ccnn1C. The van der Waals surface area contributed by atoms with Gasteiger partial charge in [0.25, 0.3) is 0 Å². The first-order valence-corrected chi connectivity index (χ1v) is 4.68. The molecule has 1 atom stereocenters. The molecule has 15 heavy (non-hydrogen) atoms. The first kappa shape index (κ1) is 11.7. The number of aryl methyl sites for hydroxylation is 1. The standard InChI is InChI=1S/C9H16N4O2/c1-13-8(3-4-11-13)12-9(14)5-7(6-10)15-2/h3-4,7H,5-6,10H2,1-2H3,(H,12,14). The van der Waals surface area contributed by atoms with Crippen LogP contribution >= 0.6 is 0 Å². The molecular weight excluding hydrogens is 196 g/mol. The Morgan fingerprint density at radius 1 is 1.80 bits per heavy atom. The number of ether oxygens (including phenoxy) is 1. The number of nitrogens with one attached hydrogen (secondary N) is 1. The number of carbonyl (C=O) groups is 1. The van der Waals surface area contributed by atoms with E-state index in [0.717, 1.165) is 0 Å². The van der Waals surface area contributed by atoms with Crippen molar-refractivity contribution in [3.63, 3.8) is 0 Å².